The second-order valence-corrected chi connectivity index (χ2v) is 26.4. The summed E-state index contributed by atoms with van der Waals surface area (Å²) in [5, 5.41) is 25.9. The lowest BCUT2D eigenvalue weighted by Crippen LogP contribution is -2.66. The molecule has 23 nitrogen and oxygen atoms in total. The van der Waals surface area contributed by atoms with Gasteiger partial charge in [0.05, 0.1) is 12.6 Å². The standard InChI is InChI=1S/C62H111N11O12/c1-25-27-28-40(15)51(75)50-56(80)67-62(18,26-2)61(85)68(19)33-47(74)69(20)44(30-35(5)6)54(78)66-48(38(11)12)55(79)65-43(29-34(3)4)53(77)63-41(16)52(76)64-42(17)57(81)70(21)45(31-36(7)8)58(82)71(22)46(32-37(9)10)59(83)72(23)49(39(13)14)60(84)73(50)24/h25,27,34-46,48-51,75H,26,28-33H2,1-24H3,(H,63,77)(H,64,76)(H,65,79)(H,66,78)(H,67,80). The Kier molecular flexibility index (Phi) is 31.0. The van der Waals surface area contributed by atoms with E-state index in [1.54, 1.807) is 60.6 Å². The molecule has 0 spiro atoms. The summed E-state index contributed by atoms with van der Waals surface area (Å²) in [6.07, 6.45) is 2.95. The molecule has 1 heterocycles. The fourth-order valence-corrected chi connectivity index (χ4v) is 10.6. The first-order valence-electron chi connectivity index (χ1n) is 30.5. The molecule has 0 aliphatic carbocycles. The molecule has 1 saturated heterocycles. The van der Waals surface area contributed by atoms with Crippen molar-refractivity contribution in [1.29, 1.82) is 0 Å². The number of rotatable bonds is 15. The highest BCUT2D eigenvalue weighted by Gasteiger charge is 2.47. The van der Waals surface area contributed by atoms with Gasteiger partial charge in [-0.3, -0.25) is 52.7 Å². The molecule has 23 heteroatoms. The van der Waals surface area contributed by atoms with Crippen LogP contribution in [0, 0.1) is 41.4 Å². The first-order valence-corrected chi connectivity index (χ1v) is 30.5. The van der Waals surface area contributed by atoms with Gasteiger partial charge in [0.25, 0.3) is 0 Å². The van der Waals surface area contributed by atoms with Gasteiger partial charge in [-0.25, -0.2) is 0 Å². The van der Waals surface area contributed by atoms with E-state index in [0.717, 1.165) is 9.80 Å². The molecule has 12 atom stereocenters. The Bertz CT molecular complexity index is 2340. The summed E-state index contributed by atoms with van der Waals surface area (Å²) >= 11 is 0. The number of nitrogens with one attached hydrogen (secondary N) is 5. The zero-order valence-corrected chi connectivity index (χ0v) is 56.0. The summed E-state index contributed by atoms with van der Waals surface area (Å²) in [5.74, 6) is -9.95. The second-order valence-electron chi connectivity index (χ2n) is 26.4. The minimum Gasteiger partial charge on any atom is -0.390 e. The van der Waals surface area contributed by atoms with E-state index >= 15 is 9.59 Å². The van der Waals surface area contributed by atoms with E-state index in [1.807, 2.05) is 55.4 Å². The monoisotopic (exact) mass is 1200 g/mol. The molecule has 0 aromatic rings. The lowest BCUT2D eigenvalue weighted by atomic mass is 9.90. The fourth-order valence-electron chi connectivity index (χ4n) is 10.6. The summed E-state index contributed by atoms with van der Waals surface area (Å²) in [7, 11) is 8.47. The van der Waals surface area contributed by atoms with Crippen LogP contribution in [0.15, 0.2) is 12.2 Å². The van der Waals surface area contributed by atoms with Crippen molar-refractivity contribution in [3.8, 4) is 0 Å². The molecule has 1 aliphatic rings. The van der Waals surface area contributed by atoms with Crippen molar-refractivity contribution in [2.24, 2.45) is 41.4 Å². The molecule has 0 saturated carbocycles. The molecule has 1 aliphatic heterocycles. The molecule has 1 rings (SSSR count). The lowest BCUT2D eigenvalue weighted by Gasteiger charge is -2.42. The molecule has 0 radical (unpaired) electrons. The molecule has 0 aromatic carbocycles. The third-order valence-corrected chi connectivity index (χ3v) is 16.1. The predicted molar refractivity (Wildman–Crippen MR) is 328 cm³/mol. The lowest BCUT2D eigenvalue weighted by molar-refractivity contribution is -0.158. The zero-order chi connectivity index (χ0) is 66.0. The Morgan fingerprint density at radius 3 is 1.44 bits per heavy atom. The van der Waals surface area contributed by atoms with Crippen LogP contribution >= 0.6 is 0 Å². The summed E-state index contributed by atoms with van der Waals surface area (Å²) in [5.41, 5.74) is -1.73. The third-order valence-electron chi connectivity index (χ3n) is 16.1. The van der Waals surface area contributed by atoms with Crippen LogP contribution in [0.3, 0.4) is 0 Å². The van der Waals surface area contributed by atoms with Gasteiger partial charge in [0.15, 0.2) is 0 Å². The number of likely N-dealkylation sites (N-methyl/N-ethyl adjacent to an activating group) is 6. The number of carbonyl (C=O) groups is 11. The van der Waals surface area contributed by atoms with E-state index in [-0.39, 0.29) is 55.8 Å². The average molecular weight is 1200 g/mol. The van der Waals surface area contributed by atoms with Crippen molar-refractivity contribution >= 4 is 65.0 Å². The van der Waals surface area contributed by atoms with E-state index in [2.05, 4.69) is 26.6 Å². The van der Waals surface area contributed by atoms with Crippen molar-refractivity contribution in [2.45, 2.75) is 229 Å². The summed E-state index contributed by atoms with van der Waals surface area (Å²) in [4.78, 5) is 167. The Morgan fingerprint density at radius 2 is 0.976 bits per heavy atom. The molecule has 486 valence electrons. The molecule has 0 aromatic heterocycles. The number of aliphatic hydroxyl groups excluding tert-OH is 1. The minimum atomic E-state index is -1.73. The van der Waals surface area contributed by atoms with Crippen molar-refractivity contribution in [2.75, 3.05) is 48.8 Å². The first-order chi connectivity index (χ1) is 39.1. The van der Waals surface area contributed by atoms with Crippen LogP contribution in [-0.2, 0) is 52.7 Å². The Labute approximate surface area is 508 Å². The number of allylic oxidation sites excluding steroid dienone is 2. The minimum absolute atomic E-state index is 0.0123. The van der Waals surface area contributed by atoms with Gasteiger partial charge >= 0.3 is 0 Å². The Morgan fingerprint density at radius 1 is 0.518 bits per heavy atom. The highest BCUT2D eigenvalue weighted by molar-refractivity contribution is 6.00. The number of hydrogen-bond donors (Lipinski definition) is 6. The van der Waals surface area contributed by atoms with Crippen LogP contribution in [0.5, 0.6) is 0 Å². The van der Waals surface area contributed by atoms with E-state index in [1.165, 1.54) is 82.7 Å². The van der Waals surface area contributed by atoms with E-state index in [0.29, 0.717) is 6.42 Å². The number of carbonyl (C=O) groups excluding carboxylic acids is 11. The third kappa shape index (κ3) is 21.7. The maximum Gasteiger partial charge on any atom is 0.248 e. The summed E-state index contributed by atoms with van der Waals surface area (Å²) in [6.45, 7) is 30.7. The maximum atomic E-state index is 15.2. The van der Waals surface area contributed by atoms with Crippen LogP contribution in [-0.4, -0.2) is 214 Å². The van der Waals surface area contributed by atoms with Crippen LogP contribution in [0.4, 0.5) is 0 Å². The van der Waals surface area contributed by atoms with Crippen LogP contribution < -0.4 is 26.6 Å². The molecule has 6 N–H and O–H groups in total. The van der Waals surface area contributed by atoms with Crippen molar-refractivity contribution < 1.29 is 57.8 Å². The molecule has 12 unspecified atom stereocenters. The Balaban J connectivity index is 4.33. The molecular formula is C62H111N11O12. The molecule has 11 amide bonds. The number of aliphatic hydroxyl groups is 1. The number of hydrogen-bond acceptors (Lipinski definition) is 12. The van der Waals surface area contributed by atoms with Gasteiger partial charge < -0.3 is 61.1 Å². The molecule has 1 fully saturated rings. The van der Waals surface area contributed by atoms with E-state index in [4.69, 9.17) is 0 Å². The van der Waals surface area contributed by atoms with Gasteiger partial charge in [-0.2, -0.15) is 0 Å². The first kappa shape index (κ1) is 76.9. The van der Waals surface area contributed by atoms with E-state index in [9.17, 15) is 48.3 Å². The number of nitrogens with zero attached hydrogens (tertiary/aromatic N) is 6. The van der Waals surface area contributed by atoms with E-state index < -0.39 is 155 Å². The molecular weight excluding hydrogens is 1090 g/mol. The SMILES string of the molecule is CC=CCC(C)C(O)C1C(=O)NC(C)(CC)C(=O)N(C)CC(=O)N(C)C(CC(C)C)C(=O)NC(C(C)C)C(=O)NC(CC(C)C)C(=O)NC(C)C(=O)NC(C)C(=O)N(C)C(CC(C)C)C(=O)N(C)C(CC(C)C)C(=O)N(C)C(C(C)C)C(=O)N1C. The van der Waals surface area contributed by atoms with Gasteiger partial charge in [-0.05, 0) is 108 Å². The van der Waals surface area contributed by atoms with Crippen molar-refractivity contribution in [3.05, 3.63) is 12.2 Å². The Hall–Kier alpha value is -6.13. The highest BCUT2D eigenvalue weighted by Crippen LogP contribution is 2.26. The quantitative estimate of drug-likeness (QED) is 0.129. The summed E-state index contributed by atoms with van der Waals surface area (Å²) < 4.78 is 0. The second kappa shape index (κ2) is 34.3. The molecule has 0 bridgehead atoms. The van der Waals surface area contributed by atoms with Gasteiger partial charge in [-0.1, -0.05) is 109 Å². The highest BCUT2D eigenvalue weighted by atomic mass is 16.3. The van der Waals surface area contributed by atoms with Gasteiger partial charge in [0, 0.05) is 42.3 Å². The molecule has 85 heavy (non-hydrogen) atoms. The van der Waals surface area contributed by atoms with Crippen LogP contribution in [0.2, 0.25) is 0 Å². The maximum absolute atomic E-state index is 15.2. The van der Waals surface area contributed by atoms with Gasteiger partial charge in [0.2, 0.25) is 65.0 Å². The topological polar surface area (TPSA) is 288 Å². The largest absolute Gasteiger partial charge is 0.390 e. The van der Waals surface area contributed by atoms with Crippen molar-refractivity contribution in [1.82, 2.24) is 56.0 Å². The fraction of sp³-hybridized carbons (Fsp3) is 0.790. The van der Waals surface area contributed by atoms with Crippen LogP contribution in [0.25, 0.3) is 0 Å². The van der Waals surface area contributed by atoms with Crippen molar-refractivity contribution in [3.63, 3.8) is 0 Å². The van der Waals surface area contributed by atoms with Gasteiger partial charge in [-0.15, -0.1) is 0 Å². The van der Waals surface area contributed by atoms with Gasteiger partial charge in [0.1, 0.15) is 59.9 Å². The number of amides is 11. The smallest absolute Gasteiger partial charge is 0.248 e. The summed E-state index contributed by atoms with van der Waals surface area (Å²) in [6, 6.07) is -11.2. The predicted octanol–water partition coefficient (Wildman–Crippen LogP) is 3.32. The average Bonchev–Trinajstić information content (AvgIpc) is 2.36. The normalized spacial score (nSPS) is 27.7. The zero-order valence-electron chi connectivity index (χ0n) is 56.0. The van der Waals surface area contributed by atoms with Crippen LogP contribution in [0.1, 0.15) is 163 Å².